The standard InChI is InChI=1S/C37H40ClNO6/c1-23-16-21-28(37(2,3)25-12-8-6-9-13-25)29(22-23)45-36(42)33-31(35(41)44-5)30(34(40)43-4)32(24-17-19-26(38)20-18-24)39(33)27-14-10-7-11-15-27/h6-15,17-20,23,28-29,32-33H,16,21-22H2,1-5H3/t23-,28-,29-,32+,33-/m1/s1. The van der Waals surface area contributed by atoms with Crippen molar-refractivity contribution in [3.05, 3.63) is 112 Å². The zero-order valence-electron chi connectivity index (χ0n) is 26.4. The number of rotatable bonds is 8. The first kappa shape index (κ1) is 32.3. The molecular weight excluding hydrogens is 590 g/mol. The van der Waals surface area contributed by atoms with Gasteiger partial charge in [0.1, 0.15) is 6.10 Å². The lowest BCUT2D eigenvalue weighted by molar-refractivity contribution is -0.158. The quantitative estimate of drug-likeness (QED) is 0.192. The molecule has 0 amide bonds. The fourth-order valence-electron chi connectivity index (χ4n) is 7.07. The highest BCUT2D eigenvalue weighted by atomic mass is 35.5. The van der Waals surface area contributed by atoms with E-state index in [0.29, 0.717) is 28.6 Å². The van der Waals surface area contributed by atoms with Gasteiger partial charge in [0.2, 0.25) is 0 Å². The molecule has 1 fully saturated rings. The van der Waals surface area contributed by atoms with Crippen LogP contribution in [0.3, 0.4) is 0 Å². The van der Waals surface area contributed by atoms with E-state index < -0.39 is 36.1 Å². The number of ether oxygens (including phenoxy) is 3. The molecule has 0 N–H and O–H groups in total. The minimum atomic E-state index is -1.27. The average Bonchev–Trinajstić information content (AvgIpc) is 3.41. The maximum absolute atomic E-state index is 14.7. The number of benzene rings is 3. The van der Waals surface area contributed by atoms with Gasteiger partial charge in [0.05, 0.1) is 31.4 Å². The second kappa shape index (κ2) is 13.5. The molecule has 1 aliphatic carbocycles. The van der Waals surface area contributed by atoms with E-state index in [1.165, 1.54) is 19.8 Å². The van der Waals surface area contributed by atoms with Gasteiger partial charge in [-0.05, 0) is 59.6 Å². The molecule has 1 saturated carbocycles. The summed E-state index contributed by atoms with van der Waals surface area (Å²) in [5, 5.41) is 0.509. The molecule has 0 saturated heterocycles. The number of methoxy groups -OCH3 is 2. The molecule has 236 valence electrons. The molecule has 0 bridgehead atoms. The molecule has 0 spiro atoms. The monoisotopic (exact) mass is 629 g/mol. The summed E-state index contributed by atoms with van der Waals surface area (Å²) in [6.07, 6.45) is 2.18. The number of nitrogens with zero attached hydrogens (tertiary/aromatic N) is 1. The second-order valence-electron chi connectivity index (χ2n) is 12.5. The van der Waals surface area contributed by atoms with Gasteiger partial charge in [-0.25, -0.2) is 14.4 Å². The number of esters is 3. The van der Waals surface area contributed by atoms with Gasteiger partial charge in [0.25, 0.3) is 0 Å². The summed E-state index contributed by atoms with van der Waals surface area (Å²) in [7, 11) is 2.48. The van der Waals surface area contributed by atoms with E-state index in [1.54, 1.807) is 29.2 Å². The summed E-state index contributed by atoms with van der Waals surface area (Å²) in [5.41, 5.74) is 2.08. The Morgan fingerprint density at radius 2 is 1.38 bits per heavy atom. The maximum atomic E-state index is 14.7. The number of hydrogen-bond donors (Lipinski definition) is 0. The molecule has 7 nitrogen and oxygen atoms in total. The van der Waals surface area contributed by atoms with Crippen LogP contribution >= 0.6 is 11.6 Å². The normalized spacial score (nSPS) is 23.4. The first-order valence-corrected chi connectivity index (χ1v) is 15.7. The number of para-hydroxylation sites is 1. The minimum absolute atomic E-state index is 0.0238. The predicted molar refractivity (Wildman–Crippen MR) is 174 cm³/mol. The van der Waals surface area contributed by atoms with Crippen LogP contribution in [-0.2, 0) is 34.0 Å². The van der Waals surface area contributed by atoms with E-state index >= 15 is 0 Å². The molecule has 1 heterocycles. The predicted octanol–water partition coefficient (Wildman–Crippen LogP) is 7.24. The van der Waals surface area contributed by atoms with Crippen molar-refractivity contribution in [2.75, 3.05) is 19.1 Å². The zero-order valence-corrected chi connectivity index (χ0v) is 27.1. The summed E-state index contributed by atoms with van der Waals surface area (Å²) in [6, 6.07) is 24.3. The Kier molecular flexibility index (Phi) is 9.68. The van der Waals surface area contributed by atoms with E-state index in [-0.39, 0.29) is 22.5 Å². The molecule has 2 aliphatic rings. The Bertz CT molecular complexity index is 1550. The Morgan fingerprint density at radius 3 is 1.98 bits per heavy atom. The molecule has 5 atom stereocenters. The highest BCUT2D eigenvalue weighted by Crippen LogP contribution is 2.47. The van der Waals surface area contributed by atoms with Gasteiger partial charge in [-0.3, -0.25) is 0 Å². The number of anilines is 1. The lowest BCUT2D eigenvalue weighted by atomic mass is 9.64. The van der Waals surface area contributed by atoms with Crippen molar-refractivity contribution in [3.8, 4) is 0 Å². The van der Waals surface area contributed by atoms with Gasteiger partial charge in [0.15, 0.2) is 6.04 Å². The average molecular weight is 630 g/mol. The Morgan fingerprint density at radius 1 is 0.800 bits per heavy atom. The largest absolute Gasteiger partial charge is 0.466 e. The first-order valence-electron chi connectivity index (χ1n) is 15.3. The smallest absolute Gasteiger partial charge is 0.337 e. The van der Waals surface area contributed by atoms with E-state index in [1.807, 2.05) is 48.5 Å². The third-order valence-electron chi connectivity index (χ3n) is 9.43. The molecule has 1 aliphatic heterocycles. The third kappa shape index (κ3) is 6.36. The van der Waals surface area contributed by atoms with Crippen LogP contribution in [0, 0.1) is 11.8 Å². The van der Waals surface area contributed by atoms with Gasteiger partial charge >= 0.3 is 17.9 Å². The van der Waals surface area contributed by atoms with Crippen LogP contribution < -0.4 is 4.90 Å². The van der Waals surface area contributed by atoms with E-state index in [4.69, 9.17) is 25.8 Å². The number of halogens is 1. The number of hydrogen-bond acceptors (Lipinski definition) is 7. The van der Waals surface area contributed by atoms with Crippen LogP contribution in [0.5, 0.6) is 0 Å². The maximum Gasteiger partial charge on any atom is 0.337 e. The second-order valence-corrected chi connectivity index (χ2v) is 12.9. The third-order valence-corrected chi connectivity index (χ3v) is 9.69. The fourth-order valence-corrected chi connectivity index (χ4v) is 7.19. The number of carbonyl (C=O) groups is 3. The fraction of sp³-hybridized carbons (Fsp3) is 0.378. The summed E-state index contributed by atoms with van der Waals surface area (Å²) >= 11 is 6.23. The topological polar surface area (TPSA) is 82.1 Å². The lowest BCUT2D eigenvalue weighted by Crippen LogP contribution is -2.48. The van der Waals surface area contributed by atoms with Crippen molar-refractivity contribution in [1.82, 2.24) is 0 Å². The van der Waals surface area contributed by atoms with E-state index in [2.05, 4.69) is 32.9 Å². The van der Waals surface area contributed by atoms with Crippen LogP contribution in [0.25, 0.3) is 0 Å². The molecule has 0 radical (unpaired) electrons. The van der Waals surface area contributed by atoms with E-state index in [0.717, 1.165) is 12.8 Å². The van der Waals surface area contributed by atoms with E-state index in [9.17, 15) is 14.4 Å². The van der Waals surface area contributed by atoms with Crippen molar-refractivity contribution >= 4 is 35.2 Å². The van der Waals surface area contributed by atoms with Crippen molar-refractivity contribution in [2.24, 2.45) is 11.8 Å². The van der Waals surface area contributed by atoms with Crippen molar-refractivity contribution in [2.45, 2.75) is 63.6 Å². The van der Waals surface area contributed by atoms with Crippen LogP contribution in [0.2, 0.25) is 5.02 Å². The lowest BCUT2D eigenvalue weighted by Gasteiger charge is -2.44. The van der Waals surface area contributed by atoms with Crippen LogP contribution in [0.1, 0.15) is 57.2 Å². The molecule has 3 aromatic carbocycles. The Hall–Kier alpha value is -4.10. The molecule has 45 heavy (non-hydrogen) atoms. The minimum Gasteiger partial charge on any atom is -0.466 e. The van der Waals surface area contributed by atoms with Gasteiger partial charge in [-0.15, -0.1) is 0 Å². The summed E-state index contributed by atoms with van der Waals surface area (Å²) in [5.74, 6) is -1.77. The SMILES string of the molecule is COC(=O)C1=C(C(=O)OC)[C@H](c2ccc(Cl)cc2)N(c2ccccc2)[C@H]1C(=O)O[C@@H]1C[C@H](C)CC[C@H]1C(C)(C)c1ccccc1. The highest BCUT2D eigenvalue weighted by molar-refractivity contribution is 6.30. The van der Waals surface area contributed by atoms with Crippen molar-refractivity contribution in [3.63, 3.8) is 0 Å². The number of carbonyl (C=O) groups excluding carboxylic acids is 3. The highest BCUT2D eigenvalue weighted by Gasteiger charge is 2.53. The molecule has 0 aromatic heterocycles. The van der Waals surface area contributed by atoms with Gasteiger partial charge in [-0.2, -0.15) is 0 Å². The first-order chi connectivity index (χ1) is 21.6. The van der Waals surface area contributed by atoms with Crippen molar-refractivity contribution < 1.29 is 28.6 Å². The van der Waals surface area contributed by atoms with Crippen LogP contribution in [0.15, 0.2) is 96.1 Å². The summed E-state index contributed by atoms with van der Waals surface area (Å²) in [4.78, 5) is 43.5. The molecule has 5 rings (SSSR count). The molecule has 3 aromatic rings. The van der Waals surface area contributed by atoms with Crippen LogP contribution in [0.4, 0.5) is 5.69 Å². The van der Waals surface area contributed by atoms with Gasteiger partial charge in [-0.1, -0.05) is 99.5 Å². The molecule has 0 unspecified atom stereocenters. The van der Waals surface area contributed by atoms with Gasteiger partial charge < -0.3 is 19.1 Å². The van der Waals surface area contributed by atoms with Crippen molar-refractivity contribution in [1.29, 1.82) is 0 Å². The molecular formula is C37H40ClNO6. The zero-order chi connectivity index (χ0) is 32.3. The summed E-state index contributed by atoms with van der Waals surface area (Å²) < 4.78 is 16.9. The Labute approximate surface area is 270 Å². The Balaban J connectivity index is 1.64. The summed E-state index contributed by atoms with van der Waals surface area (Å²) in [6.45, 7) is 6.56. The molecule has 8 heteroatoms. The van der Waals surface area contributed by atoms with Crippen LogP contribution in [-0.4, -0.2) is 44.3 Å². The van der Waals surface area contributed by atoms with Gasteiger partial charge in [0, 0.05) is 16.6 Å².